The maximum Gasteiger partial charge on any atom is 0.236 e. The monoisotopic (exact) mass is 330 g/mol. The quantitative estimate of drug-likeness (QED) is 0.534. The first-order valence-corrected chi connectivity index (χ1v) is 7.90. The van der Waals surface area contributed by atoms with Crippen LogP contribution in [0.5, 0.6) is 0 Å². The van der Waals surface area contributed by atoms with Crippen LogP contribution in [0.25, 0.3) is 0 Å². The molecule has 0 aliphatic carbocycles. The molecule has 0 atom stereocenters. The Kier molecular flexibility index (Phi) is 5.90. The molecule has 0 bridgehead atoms. The summed E-state index contributed by atoms with van der Waals surface area (Å²) < 4.78 is 0. The number of carbonyl (C=O) groups is 2. The number of benzene rings is 2. The number of rotatable bonds is 3. The molecule has 0 spiro atoms. The van der Waals surface area contributed by atoms with E-state index in [1.807, 2.05) is 0 Å². The zero-order valence-corrected chi connectivity index (χ0v) is 14.1. The van der Waals surface area contributed by atoms with Crippen LogP contribution in [-0.4, -0.2) is 22.3 Å². The molecule has 1 N–H and O–H groups in total. The summed E-state index contributed by atoms with van der Waals surface area (Å²) >= 11 is 0. The van der Waals surface area contributed by atoms with Crippen LogP contribution < -0.4 is 0 Å². The summed E-state index contributed by atoms with van der Waals surface area (Å²) in [7, 11) is 0. The van der Waals surface area contributed by atoms with Crippen molar-refractivity contribution in [2.45, 2.75) is 19.4 Å². The second kappa shape index (κ2) is 8.11. The van der Waals surface area contributed by atoms with E-state index in [2.05, 4.69) is 23.7 Å². The summed E-state index contributed by atoms with van der Waals surface area (Å²) in [5.41, 5.74) is -0.863. The normalized spacial score (nSPS) is 10.2. The number of aliphatic hydroxyl groups is 1. The number of ketones is 2. The molecule has 0 aliphatic heterocycles. The fourth-order valence-electron chi connectivity index (χ4n) is 1.95. The topological polar surface area (TPSA) is 54.4 Å². The third-order valence-electron chi connectivity index (χ3n) is 3.64. The molecule has 25 heavy (non-hydrogen) atoms. The van der Waals surface area contributed by atoms with E-state index in [4.69, 9.17) is 0 Å². The molecule has 0 radical (unpaired) electrons. The average molecular weight is 330 g/mol. The van der Waals surface area contributed by atoms with E-state index in [1.165, 1.54) is 0 Å². The minimum Gasteiger partial charge on any atom is -0.367 e. The highest BCUT2D eigenvalue weighted by molar-refractivity contribution is 6.10. The fraction of sp³-hybridized carbons (Fsp3) is 0.182. The number of hydrogen-bond acceptors (Lipinski definition) is 3. The van der Waals surface area contributed by atoms with Crippen molar-refractivity contribution in [3.05, 3.63) is 71.8 Å². The molecule has 0 unspecified atom stereocenters. The lowest BCUT2D eigenvalue weighted by molar-refractivity contribution is 0.103. The van der Waals surface area contributed by atoms with Crippen molar-refractivity contribution < 1.29 is 14.7 Å². The van der Waals surface area contributed by atoms with E-state index in [9.17, 15) is 14.7 Å². The largest absolute Gasteiger partial charge is 0.367 e. The second-order valence-electron chi connectivity index (χ2n) is 5.81. The molecule has 0 amide bonds. The lowest BCUT2D eigenvalue weighted by atomic mass is 9.91. The maximum absolute atomic E-state index is 12.1. The Hall–Kier alpha value is -3.14. The SMILES string of the molecule is CC(C)C(O)(C#CC(=O)c1ccccc1)C#CC(=O)c1ccccc1. The molecular weight excluding hydrogens is 312 g/mol. The third-order valence-corrected chi connectivity index (χ3v) is 3.64. The van der Waals surface area contributed by atoms with Crippen LogP contribution in [0.2, 0.25) is 0 Å². The molecule has 0 fully saturated rings. The van der Waals surface area contributed by atoms with Gasteiger partial charge in [-0.15, -0.1) is 0 Å². The summed E-state index contributed by atoms with van der Waals surface area (Å²) in [5.74, 6) is 8.74. The smallest absolute Gasteiger partial charge is 0.236 e. The van der Waals surface area contributed by atoms with Gasteiger partial charge in [0.2, 0.25) is 11.6 Å². The summed E-state index contributed by atoms with van der Waals surface area (Å²) in [5, 5.41) is 10.6. The standard InChI is InChI=1S/C22H18O3/c1-17(2)22(25,15-13-20(23)18-9-5-3-6-10-18)16-14-21(24)19-11-7-4-8-12-19/h3-12,17,25H,1-2H3. The van der Waals surface area contributed by atoms with Crippen molar-refractivity contribution in [3.8, 4) is 23.7 Å². The van der Waals surface area contributed by atoms with Gasteiger partial charge in [0.15, 0.2) is 5.60 Å². The Morgan fingerprint density at radius 2 is 1.16 bits per heavy atom. The highest BCUT2D eigenvalue weighted by Crippen LogP contribution is 2.15. The van der Waals surface area contributed by atoms with E-state index in [0.717, 1.165) is 0 Å². The molecule has 0 heterocycles. The third kappa shape index (κ3) is 4.91. The number of hydrogen-bond donors (Lipinski definition) is 1. The van der Waals surface area contributed by atoms with Gasteiger partial charge < -0.3 is 5.11 Å². The molecule has 124 valence electrons. The fourth-order valence-corrected chi connectivity index (χ4v) is 1.95. The van der Waals surface area contributed by atoms with Gasteiger partial charge in [0.05, 0.1) is 0 Å². The van der Waals surface area contributed by atoms with Crippen LogP contribution in [0.1, 0.15) is 34.6 Å². The number of Topliss-reactive ketones (excluding diaryl/α,β-unsaturated/α-hetero) is 2. The zero-order valence-electron chi connectivity index (χ0n) is 14.1. The molecule has 0 saturated carbocycles. The summed E-state index contributed by atoms with van der Waals surface area (Å²) in [4.78, 5) is 24.1. The molecule has 2 aromatic carbocycles. The van der Waals surface area contributed by atoms with E-state index >= 15 is 0 Å². The predicted octanol–water partition coefficient (Wildman–Crippen LogP) is 3.15. The first kappa shape index (κ1) is 18.2. The zero-order chi connectivity index (χ0) is 18.3. The summed E-state index contributed by atoms with van der Waals surface area (Å²) in [6, 6.07) is 17.1. The van der Waals surface area contributed by atoms with Gasteiger partial charge in [-0.25, -0.2) is 0 Å². The van der Waals surface area contributed by atoms with Gasteiger partial charge in [-0.1, -0.05) is 74.5 Å². The van der Waals surface area contributed by atoms with Crippen LogP contribution in [0.4, 0.5) is 0 Å². The Balaban J connectivity index is 2.26. The van der Waals surface area contributed by atoms with E-state index in [0.29, 0.717) is 11.1 Å². The average Bonchev–Trinajstić information content (AvgIpc) is 2.65. The van der Waals surface area contributed by atoms with Gasteiger partial charge in [0.25, 0.3) is 0 Å². The first-order chi connectivity index (χ1) is 11.9. The molecule has 0 saturated heterocycles. The van der Waals surface area contributed by atoms with Gasteiger partial charge in [0.1, 0.15) is 0 Å². The Morgan fingerprint density at radius 1 is 0.800 bits per heavy atom. The Labute approximate surface area is 147 Å². The van der Waals surface area contributed by atoms with Crippen molar-refractivity contribution >= 4 is 11.6 Å². The summed E-state index contributed by atoms with van der Waals surface area (Å²) in [6.45, 7) is 3.45. The van der Waals surface area contributed by atoms with Crippen molar-refractivity contribution in [3.63, 3.8) is 0 Å². The van der Waals surface area contributed by atoms with Crippen LogP contribution in [-0.2, 0) is 0 Å². The van der Waals surface area contributed by atoms with E-state index in [-0.39, 0.29) is 5.92 Å². The van der Waals surface area contributed by atoms with Gasteiger partial charge >= 0.3 is 0 Å². The van der Waals surface area contributed by atoms with Crippen LogP contribution in [0.3, 0.4) is 0 Å². The molecule has 0 aromatic heterocycles. The Morgan fingerprint density at radius 3 is 1.48 bits per heavy atom. The maximum atomic E-state index is 12.1. The highest BCUT2D eigenvalue weighted by atomic mass is 16.3. The van der Waals surface area contributed by atoms with Gasteiger partial charge in [-0.2, -0.15) is 0 Å². The molecule has 3 heteroatoms. The van der Waals surface area contributed by atoms with E-state index < -0.39 is 17.2 Å². The van der Waals surface area contributed by atoms with Crippen LogP contribution >= 0.6 is 0 Å². The number of carbonyl (C=O) groups excluding carboxylic acids is 2. The lowest BCUT2D eigenvalue weighted by Gasteiger charge is -2.19. The van der Waals surface area contributed by atoms with Gasteiger partial charge in [-0.3, -0.25) is 9.59 Å². The van der Waals surface area contributed by atoms with Crippen molar-refractivity contribution in [2.75, 3.05) is 0 Å². The van der Waals surface area contributed by atoms with E-state index in [1.54, 1.807) is 74.5 Å². The molecule has 2 aromatic rings. The van der Waals surface area contributed by atoms with Crippen LogP contribution in [0, 0.1) is 29.6 Å². The minimum atomic E-state index is -1.74. The van der Waals surface area contributed by atoms with Crippen molar-refractivity contribution in [1.82, 2.24) is 0 Å². The first-order valence-electron chi connectivity index (χ1n) is 7.90. The summed E-state index contributed by atoms with van der Waals surface area (Å²) in [6.07, 6.45) is 0. The molecular formula is C22H18O3. The van der Waals surface area contributed by atoms with Crippen LogP contribution in [0.15, 0.2) is 60.7 Å². The molecule has 0 aliphatic rings. The lowest BCUT2D eigenvalue weighted by Crippen LogP contribution is -2.31. The molecule has 2 rings (SSSR count). The highest BCUT2D eigenvalue weighted by Gasteiger charge is 2.26. The van der Waals surface area contributed by atoms with Gasteiger partial charge in [0, 0.05) is 17.0 Å². The molecule has 3 nitrogen and oxygen atoms in total. The Bertz CT molecular complexity index is 803. The minimum absolute atomic E-state index is 0.375. The van der Waals surface area contributed by atoms with Crippen molar-refractivity contribution in [1.29, 1.82) is 0 Å². The van der Waals surface area contributed by atoms with Crippen molar-refractivity contribution in [2.24, 2.45) is 5.92 Å². The second-order valence-corrected chi connectivity index (χ2v) is 5.81. The van der Waals surface area contributed by atoms with Gasteiger partial charge in [-0.05, 0) is 23.7 Å². The predicted molar refractivity (Wildman–Crippen MR) is 96.9 cm³/mol.